The van der Waals surface area contributed by atoms with Gasteiger partial charge in [0.05, 0.1) is 5.41 Å². The topological polar surface area (TPSA) is 40.5 Å². The summed E-state index contributed by atoms with van der Waals surface area (Å²) in [6.45, 7) is 5.46. The normalized spacial score (nSPS) is 20.5. The standard InChI is InChI=1S/C16H21ClFNO2/c1-16(2,15(20)21)11-5-4-8-19(9-11)10-12-13(17)6-3-7-14(12)18/h3,6-7,11H,4-5,8-10H2,1-2H3,(H,20,21). The van der Waals surface area contributed by atoms with Crippen LogP contribution < -0.4 is 0 Å². The Kier molecular flexibility index (Phi) is 4.89. The predicted octanol–water partition coefficient (Wildman–Crippen LogP) is 3.80. The maximum Gasteiger partial charge on any atom is 0.309 e. The van der Waals surface area contributed by atoms with Crippen molar-refractivity contribution in [3.8, 4) is 0 Å². The summed E-state index contributed by atoms with van der Waals surface area (Å²) in [5.41, 5.74) is -0.273. The molecule has 1 fully saturated rings. The van der Waals surface area contributed by atoms with Crippen LogP contribution in [0.1, 0.15) is 32.3 Å². The molecule has 2 rings (SSSR count). The van der Waals surface area contributed by atoms with Crippen molar-refractivity contribution in [2.75, 3.05) is 13.1 Å². The Morgan fingerprint density at radius 3 is 2.86 bits per heavy atom. The van der Waals surface area contributed by atoms with E-state index in [-0.39, 0.29) is 11.7 Å². The monoisotopic (exact) mass is 313 g/mol. The Balaban J connectivity index is 2.10. The van der Waals surface area contributed by atoms with Gasteiger partial charge in [-0.25, -0.2) is 4.39 Å². The Morgan fingerprint density at radius 2 is 2.24 bits per heavy atom. The first-order valence-corrected chi connectivity index (χ1v) is 7.59. The summed E-state index contributed by atoms with van der Waals surface area (Å²) in [6.07, 6.45) is 1.81. The maximum absolute atomic E-state index is 13.9. The highest BCUT2D eigenvalue weighted by atomic mass is 35.5. The summed E-state index contributed by atoms with van der Waals surface area (Å²) in [4.78, 5) is 13.5. The molecule has 1 aliphatic rings. The van der Waals surface area contributed by atoms with Crippen LogP contribution in [0.2, 0.25) is 5.02 Å². The number of aliphatic carboxylic acids is 1. The number of carbonyl (C=O) groups is 1. The van der Waals surface area contributed by atoms with Crippen LogP contribution in [0.15, 0.2) is 18.2 Å². The van der Waals surface area contributed by atoms with E-state index in [1.54, 1.807) is 26.0 Å². The van der Waals surface area contributed by atoms with Crippen LogP contribution >= 0.6 is 11.6 Å². The molecule has 1 N–H and O–H groups in total. The minimum atomic E-state index is -0.779. The van der Waals surface area contributed by atoms with E-state index in [2.05, 4.69) is 4.90 Å². The predicted molar refractivity (Wildman–Crippen MR) is 80.8 cm³/mol. The molecule has 0 spiro atoms. The van der Waals surface area contributed by atoms with Gasteiger partial charge in [0.15, 0.2) is 0 Å². The molecule has 1 atom stereocenters. The van der Waals surface area contributed by atoms with Gasteiger partial charge in [-0.2, -0.15) is 0 Å². The summed E-state index contributed by atoms with van der Waals surface area (Å²) < 4.78 is 13.9. The molecule has 116 valence electrons. The first-order chi connectivity index (χ1) is 9.82. The van der Waals surface area contributed by atoms with E-state index < -0.39 is 11.4 Å². The largest absolute Gasteiger partial charge is 0.481 e. The number of carboxylic acids is 1. The zero-order valence-electron chi connectivity index (χ0n) is 12.4. The molecule has 1 aliphatic heterocycles. The van der Waals surface area contributed by atoms with Crippen molar-refractivity contribution in [1.29, 1.82) is 0 Å². The third kappa shape index (κ3) is 3.55. The highest BCUT2D eigenvalue weighted by Crippen LogP contribution is 2.35. The third-order valence-electron chi connectivity index (χ3n) is 4.52. The van der Waals surface area contributed by atoms with Gasteiger partial charge in [-0.1, -0.05) is 17.7 Å². The van der Waals surface area contributed by atoms with Crippen LogP contribution in [-0.2, 0) is 11.3 Å². The second-order valence-electron chi connectivity index (χ2n) is 6.30. The van der Waals surface area contributed by atoms with Crippen molar-refractivity contribution in [3.63, 3.8) is 0 Å². The number of carboxylic acid groups (broad SMARTS) is 1. The first-order valence-electron chi connectivity index (χ1n) is 7.21. The van der Waals surface area contributed by atoms with Crippen molar-refractivity contribution in [1.82, 2.24) is 4.90 Å². The Hall–Kier alpha value is -1.13. The number of likely N-dealkylation sites (tertiary alicyclic amines) is 1. The fraction of sp³-hybridized carbons (Fsp3) is 0.562. The number of hydrogen-bond acceptors (Lipinski definition) is 2. The molecular formula is C16H21ClFNO2. The summed E-state index contributed by atoms with van der Waals surface area (Å²) >= 11 is 6.06. The molecular weight excluding hydrogens is 293 g/mol. The zero-order valence-corrected chi connectivity index (χ0v) is 13.2. The number of halogens is 2. The number of hydrogen-bond donors (Lipinski definition) is 1. The summed E-state index contributed by atoms with van der Waals surface area (Å²) in [5.74, 6) is -1.02. The van der Waals surface area contributed by atoms with Crippen LogP contribution in [0.5, 0.6) is 0 Å². The van der Waals surface area contributed by atoms with Crippen molar-refractivity contribution in [2.24, 2.45) is 11.3 Å². The Labute approximate surface area is 129 Å². The average molecular weight is 314 g/mol. The third-order valence-corrected chi connectivity index (χ3v) is 4.87. The fourth-order valence-electron chi connectivity index (χ4n) is 2.87. The minimum absolute atomic E-state index is 0.0642. The van der Waals surface area contributed by atoms with Crippen molar-refractivity contribution in [3.05, 3.63) is 34.6 Å². The molecule has 0 radical (unpaired) electrons. The zero-order chi connectivity index (χ0) is 15.6. The average Bonchev–Trinajstić information content (AvgIpc) is 2.43. The van der Waals surface area contributed by atoms with E-state index >= 15 is 0 Å². The lowest BCUT2D eigenvalue weighted by molar-refractivity contribution is -0.151. The molecule has 0 amide bonds. The second kappa shape index (κ2) is 6.32. The van der Waals surface area contributed by atoms with E-state index in [0.717, 1.165) is 19.4 Å². The number of piperidine rings is 1. The molecule has 0 bridgehead atoms. The Bertz CT molecular complexity index is 513. The van der Waals surface area contributed by atoms with Gasteiger partial charge < -0.3 is 5.11 Å². The number of rotatable bonds is 4. The summed E-state index contributed by atoms with van der Waals surface area (Å²) in [6, 6.07) is 4.68. The summed E-state index contributed by atoms with van der Waals surface area (Å²) in [5, 5.41) is 9.78. The van der Waals surface area contributed by atoms with Gasteiger partial charge in [0.1, 0.15) is 5.82 Å². The van der Waals surface area contributed by atoms with Gasteiger partial charge in [-0.15, -0.1) is 0 Å². The molecule has 1 heterocycles. The SMILES string of the molecule is CC(C)(C(=O)O)C1CCCN(Cc2c(F)cccc2Cl)C1. The lowest BCUT2D eigenvalue weighted by Crippen LogP contribution is -2.44. The molecule has 1 unspecified atom stereocenters. The molecule has 0 saturated carbocycles. The van der Waals surface area contributed by atoms with Gasteiger partial charge >= 0.3 is 5.97 Å². The number of nitrogens with zero attached hydrogens (tertiary/aromatic N) is 1. The smallest absolute Gasteiger partial charge is 0.309 e. The molecule has 1 aromatic carbocycles. The minimum Gasteiger partial charge on any atom is -0.481 e. The van der Waals surface area contributed by atoms with E-state index in [1.807, 2.05) is 0 Å². The van der Waals surface area contributed by atoms with Crippen molar-refractivity contribution >= 4 is 17.6 Å². The van der Waals surface area contributed by atoms with E-state index in [0.29, 0.717) is 23.7 Å². The molecule has 21 heavy (non-hydrogen) atoms. The van der Waals surface area contributed by atoms with Crippen LogP contribution in [0.25, 0.3) is 0 Å². The molecule has 0 aliphatic carbocycles. The van der Waals surface area contributed by atoms with Gasteiger partial charge in [0, 0.05) is 23.7 Å². The van der Waals surface area contributed by atoms with Gasteiger partial charge in [-0.3, -0.25) is 9.69 Å². The van der Waals surface area contributed by atoms with E-state index in [9.17, 15) is 14.3 Å². The van der Waals surface area contributed by atoms with Crippen molar-refractivity contribution in [2.45, 2.75) is 33.2 Å². The number of benzene rings is 1. The summed E-state index contributed by atoms with van der Waals surface area (Å²) in [7, 11) is 0. The molecule has 1 aromatic rings. The lowest BCUT2D eigenvalue weighted by atomic mass is 9.74. The molecule has 3 nitrogen and oxygen atoms in total. The van der Waals surface area contributed by atoms with Crippen LogP contribution in [0.3, 0.4) is 0 Å². The highest BCUT2D eigenvalue weighted by molar-refractivity contribution is 6.31. The lowest BCUT2D eigenvalue weighted by Gasteiger charge is -2.39. The highest BCUT2D eigenvalue weighted by Gasteiger charge is 2.39. The van der Waals surface area contributed by atoms with Gasteiger partial charge in [0.25, 0.3) is 0 Å². The van der Waals surface area contributed by atoms with E-state index in [4.69, 9.17) is 11.6 Å². The molecule has 1 saturated heterocycles. The Morgan fingerprint density at radius 1 is 1.52 bits per heavy atom. The molecule has 5 heteroatoms. The van der Waals surface area contributed by atoms with Crippen LogP contribution in [-0.4, -0.2) is 29.1 Å². The quantitative estimate of drug-likeness (QED) is 0.919. The first kappa shape index (κ1) is 16.2. The molecule has 0 aromatic heterocycles. The van der Waals surface area contributed by atoms with Crippen molar-refractivity contribution < 1.29 is 14.3 Å². The maximum atomic E-state index is 13.9. The second-order valence-corrected chi connectivity index (χ2v) is 6.71. The van der Waals surface area contributed by atoms with Crippen LogP contribution in [0.4, 0.5) is 4.39 Å². The van der Waals surface area contributed by atoms with Crippen LogP contribution in [0, 0.1) is 17.2 Å². The van der Waals surface area contributed by atoms with Gasteiger partial charge in [-0.05, 0) is 51.3 Å². The van der Waals surface area contributed by atoms with Gasteiger partial charge in [0.2, 0.25) is 0 Å². The van der Waals surface area contributed by atoms with E-state index in [1.165, 1.54) is 6.07 Å². The fourth-order valence-corrected chi connectivity index (χ4v) is 3.09.